The molecule has 16 heavy (non-hydrogen) atoms. The van der Waals surface area contributed by atoms with Gasteiger partial charge in [-0.2, -0.15) is 4.39 Å². The minimum Gasteiger partial charge on any atom is -0.481 e. The molecule has 0 aliphatic rings. The Morgan fingerprint density at radius 2 is 2.25 bits per heavy atom. The minimum absolute atomic E-state index is 0.0957. The van der Waals surface area contributed by atoms with E-state index in [1.54, 1.807) is 0 Å². The summed E-state index contributed by atoms with van der Waals surface area (Å²) in [5.74, 6) is -2.06. The highest BCUT2D eigenvalue weighted by molar-refractivity contribution is 7.71. The van der Waals surface area contributed by atoms with E-state index in [1.807, 2.05) is 0 Å². The van der Waals surface area contributed by atoms with Gasteiger partial charge >= 0.3 is 0 Å². The van der Waals surface area contributed by atoms with E-state index in [0.29, 0.717) is 0 Å². The van der Waals surface area contributed by atoms with Crippen molar-refractivity contribution in [2.45, 2.75) is 6.61 Å². The molecular formula is C9H6F2N2O2S. The van der Waals surface area contributed by atoms with Crippen molar-refractivity contribution >= 4 is 12.2 Å². The number of ether oxygens (including phenoxy) is 1. The predicted molar refractivity (Wildman–Crippen MR) is 52.4 cm³/mol. The van der Waals surface area contributed by atoms with Gasteiger partial charge in [0.1, 0.15) is 0 Å². The summed E-state index contributed by atoms with van der Waals surface area (Å²) in [6.07, 6.45) is 0. The Morgan fingerprint density at radius 1 is 1.44 bits per heavy atom. The van der Waals surface area contributed by atoms with Crippen LogP contribution in [0.1, 0.15) is 5.89 Å². The lowest BCUT2D eigenvalue weighted by molar-refractivity contribution is 0.247. The average molecular weight is 244 g/mol. The number of H-pyrrole nitrogens is 1. The summed E-state index contributed by atoms with van der Waals surface area (Å²) in [5.41, 5.74) is 0. The lowest BCUT2D eigenvalue weighted by Crippen LogP contribution is -1.99. The molecule has 0 radical (unpaired) electrons. The maximum Gasteiger partial charge on any atom is 0.284 e. The first kappa shape index (κ1) is 10.7. The number of hydrogen-bond donors (Lipinski definition) is 1. The summed E-state index contributed by atoms with van der Waals surface area (Å²) < 4.78 is 35.8. The van der Waals surface area contributed by atoms with Crippen LogP contribution in [0.5, 0.6) is 5.75 Å². The Morgan fingerprint density at radius 3 is 2.94 bits per heavy atom. The molecule has 7 heteroatoms. The quantitative estimate of drug-likeness (QED) is 0.843. The van der Waals surface area contributed by atoms with Gasteiger partial charge in [0.2, 0.25) is 5.82 Å². The van der Waals surface area contributed by atoms with Gasteiger partial charge in [0.15, 0.2) is 18.2 Å². The minimum atomic E-state index is -1.04. The Labute approximate surface area is 93.9 Å². The summed E-state index contributed by atoms with van der Waals surface area (Å²) in [6.45, 7) is -0.131. The molecule has 0 aliphatic carbocycles. The molecule has 0 amide bonds. The van der Waals surface area contributed by atoms with Crippen molar-refractivity contribution in [1.29, 1.82) is 0 Å². The first-order valence-corrected chi connectivity index (χ1v) is 4.69. The Bertz CT molecular complexity index is 552. The van der Waals surface area contributed by atoms with Gasteiger partial charge in [-0.1, -0.05) is 6.07 Å². The maximum absolute atomic E-state index is 13.1. The summed E-state index contributed by atoms with van der Waals surface area (Å²) >= 11 is 4.64. The summed E-state index contributed by atoms with van der Waals surface area (Å²) in [5, 5.41) is 6.03. The molecule has 0 atom stereocenters. The molecule has 0 bridgehead atoms. The molecule has 0 saturated heterocycles. The Kier molecular flexibility index (Phi) is 2.95. The second-order valence-corrected chi connectivity index (χ2v) is 3.22. The molecule has 0 aliphatic heterocycles. The van der Waals surface area contributed by atoms with Crippen molar-refractivity contribution in [3.63, 3.8) is 0 Å². The zero-order chi connectivity index (χ0) is 11.5. The van der Waals surface area contributed by atoms with E-state index < -0.39 is 11.6 Å². The topological polar surface area (TPSA) is 51.0 Å². The lowest BCUT2D eigenvalue weighted by Gasteiger charge is -2.04. The molecule has 1 aromatic heterocycles. The van der Waals surface area contributed by atoms with Gasteiger partial charge in [0, 0.05) is 0 Å². The monoisotopic (exact) mass is 244 g/mol. The van der Waals surface area contributed by atoms with Crippen molar-refractivity contribution in [3.8, 4) is 5.75 Å². The number of halogens is 2. The van der Waals surface area contributed by atoms with E-state index in [4.69, 9.17) is 9.15 Å². The molecule has 0 fully saturated rings. The third-order valence-electron chi connectivity index (χ3n) is 1.75. The average Bonchev–Trinajstić information content (AvgIpc) is 2.67. The number of hydrogen-bond acceptors (Lipinski definition) is 4. The van der Waals surface area contributed by atoms with Crippen molar-refractivity contribution in [2.75, 3.05) is 0 Å². The van der Waals surface area contributed by atoms with E-state index in [-0.39, 0.29) is 23.1 Å². The third kappa shape index (κ3) is 2.25. The van der Waals surface area contributed by atoms with E-state index in [2.05, 4.69) is 22.4 Å². The molecule has 0 unspecified atom stereocenters. The summed E-state index contributed by atoms with van der Waals surface area (Å²) in [6, 6.07) is 3.65. The van der Waals surface area contributed by atoms with Crippen LogP contribution in [0.25, 0.3) is 0 Å². The van der Waals surface area contributed by atoms with Crippen LogP contribution >= 0.6 is 12.2 Å². The third-order valence-corrected chi connectivity index (χ3v) is 1.92. The van der Waals surface area contributed by atoms with Gasteiger partial charge in [0.25, 0.3) is 10.7 Å². The fourth-order valence-corrected chi connectivity index (χ4v) is 1.20. The van der Waals surface area contributed by atoms with Crippen LogP contribution in [-0.2, 0) is 6.61 Å². The second-order valence-electron chi connectivity index (χ2n) is 2.85. The fraction of sp³-hybridized carbons (Fsp3) is 0.111. The maximum atomic E-state index is 13.1. The van der Waals surface area contributed by atoms with Crippen molar-refractivity contribution < 1.29 is 17.9 Å². The van der Waals surface area contributed by atoms with E-state index >= 15 is 0 Å². The second kappa shape index (κ2) is 4.40. The van der Waals surface area contributed by atoms with Crippen LogP contribution in [-0.4, -0.2) is 10.2 Å². The van der Waals surface area contributed by atoms with Crippen molar-refractivity contribution in [2.24, 2.45) is 0 Å². The van der Waals surface area contributed by atoms with Gasteiger partial charge in [-0.15, -0.1) is 5.10 Å². The van der Waals surface area contributed by atoms with Crippen LogP contribution in [0, 0.1) is 16.5 Å². The first-order chi connectivity index (χ1) is 7.66. The van der Waals surface area contributed by atoms with Gasteiger partial charge in [-0.25, -0.2) is 9.49 Å². The largest absolute Gasteiger partial charge is 0.481 e. The zero-order valence-corrected chi connectivity index (χ0v) is 8.68. The van der Waals surface area contributed by atoms with Gasteiger partial charge in [0.05, 0.1) is 0 Å². The number of aromatic amines is 1. The number of nitrogens with one attached hydrogen (secondary N) is 1. The highest BCUT2D eigenvalue weighted by Crippen LogP contribution is 2.19. The van der Waals surface area contributed by atoms with E-state index in [9.17, 15) is 8.78 Å². The SMILES string of the molecule is Fc1cccc(OCc2n[nH]c(=S)o2)c1F. The van der Waals surface area contributed by atoms with Crippen LogP contribution in [0.4, 0.5) is 8.78 Å². The molecular weight excluding hydrogens is 238 g/mol. The number of benzene rings is 1. The van der Waals surface area contributed by atoms with Crippen LogP contribution in [0.2, 0.25) is 0 Å². The normalized spacial score (nSPS) is 10.4. The number of aromatic nitrogens is 2. The van der Waals surface area contributed by atoms with Crippen molar-refractivity contribution in [3.05, 3.63) is 40.6 Å². The fourth-order valence-electron chi connectivity index (χ4n) is 1.06. The summed E-state index contributed by atoms with van der Waals surface area (Å²) in [7, 11) is 0. The molecule has 1 N–H and O–H groups in total. The molecule has 1 heterocycles. The smallest absolute Gasteiger partial charge is 0.284 e. The molecule has 0 saturated carbocycles. The Balaban J connectivity index is 2.10. The van der Waals surface area contributed by atoms with Crippen LogP contribution < -0.4 is 4.74 Å². The van der Waals surface area contributed by atoms with Crippen LogP contribution in [0.15, 0.2) is 22.6 Å². The molecule has 0 spiro atoms. The van der Waals surface area contributed by atoms with Gasteiger partial charge < -0.3 is 9.15 Å². The first-order valence-electron chi connectivity index (χ1n) is 4.28. The highest BCUT2D eigenvalue weighted by Gasteiger charge is 2.09. The number of nitrogens with zero attached hydrogens (tertiary/aromatic N) is 1. The van der Waals surface area contributed by atoms with Gasteiger partial charge in [-0.3, -0.25) is 0 Å². The van der Waals surface area contributed by atoms with E-state index in [1.165, 1.54) is 12.1 Å². The molecule has 2 aromatic rings. The molecule has 4 nitrogen and oxygen atoms in total. The standard InChI is InChI=1S/C9H6F2N2O2S/c10-5-2-1-3-6(8(5)11)14-4-7-12-13-9(16)15-7/h1-3H,4H2,(H,13,16). The summed E-state index contributed by atoms with van der Waals surface area (Å²) in [4.78, 5) is 0.0957. The lowest BCUT2D eigenvalue weighted by atomic mass is 10.3. The molecule has 2 rings (SSSR count). The number of rotatable bonds is 3. The highest BCUT2D eigenvalue weighted by atomic mass is 32.1. The van der Waals surface area contributed by atoms with Crippen LogP contribution in [0.3, 0.4) is 0 Å². The van der Waals surface area contributed by atoms with Crippen molar-refractivity contribution in [1.82, 2.24) is 10.2 Å². The zero-order valence-electron chi connectivity index (χ0n) is 7.87. The van der Waals surface area contributed by atoms with Gasteiger partial charge in [-0.05, 0) is 24.4 Å². The molecule has 1 aromatic carbocycles. The molecule has 84 valence electrons. The predicted octanol–water partition coefficient (Wildman–Crippen LogP) is 2.59. The van der Waals surface area contributed by atoms with E-state index in [0.717, 1.165) is 6.07 Å². The Hall–Kier alpha value is -1.76.